The van der Waals surface area contributed by atoms with E-state index in [0.717, 1.165) is 24.0 Å². The van der Waals surface area contributed by atoms with Crippen LogP contribution in [-0.4, -0.2) is 20.1 Å². The molecule has 0 fully saturated rings. The molecular weight excluding hydrogens is 369 g/mol. The van der Waals surface area contributed by atoms with Crippen LogP contribution in [0, 0.1) is 0 Å². The van der Waals surface area contributed by atoms with Crippen LogP contribution in [0.2, 0.25) is 0 Å². The summed E-state index contributed by atoms with van der Waals surface area (Å²) in [6.07, 6.45) is -4.35. The van der Waals surface area contributed by atoms with Crippen molar-refractivity contribution in [2.45, 2.75) is 12.7 Å². The lowest BCUT2D eigenvalue weighted by Gasteiger charge is -2.37. The molecule has 1 heterocycles. The van der Waals surface area contributed by atoms with Gasteiger partial charge in [0, 0.05) is 31.2 Å². The Kier molecular flexibility index (Phi) is 4.27. The molecule has 0 saturated carbocycles. The Balaban J connectivity index is 1.97. The molecular formula is C17H16BrF3N2. The van der Waals surface area contributed by atoms with Crippen LogP contribution in [0.4, 0.5) is 24.5 Å². The van der Waals surface area contributed by atoms with E-state index in [9.17, 15) is 13.2 Å². The fourth-order valence-corrected chi connectivity index (χ4v) is 3.31. The smallest absolute Gasteiger partial charge is 0.371 e. The van der Waals surface area contributed by atoms with E-state index in [4.69, 9.17) is 0 Å². The number of alkyl halides is 3. The number of benzene rings is 2. The van der Waals surface area contributed by atoms with Crippen LogP contribution < -0.4 is 9.80 Å². The zero-order valence-corrected chi connectivity index (χ0v) is 14.2. The number of halogens is 4. The normalized spacial score (nSPS) is 14.8. The Morgan fingerprint density at radius 2 is 1.74 bits per heavy atom. The zero-order chi connectivity index (χ0) is 16.6. The van der Waals surface area contributed by atoms with Gasteiger partial charge in [-0.2, -0.15) is 13.2 Å². The highest BCUT2D eigenvalue weighted by Crippen LogP contribution is 2.37. The van der Waals surface area contributed by atoms with Gasteiger partial charge in [0.2, 0.25) is 0 Å². The van der Waals surface area contributed by atoms with Gasteiger partial charge in [0.25, 0.3) is 0 Å². The largest absolute Gasteiger partial charge is 0.416 e. The molecule has 2 aromatic rings. The van der Waals surface area contributed by atoms with Crippen LogP contribution in [-0.2, 0) is 12.7 Å². The number of anilines is 2. The molecule has 23 heavy (non-hydrogen) atoms. The Bertz CT molecular complexity index is 715. The molecule has 1 aliphatic rings. The first kappa shape index (κ1) is 16.2. The first-order valence-electron chi connectivity index (χ1n) is 7.27. The van der Waals surface area contributed by atoms with E-state index < -0.39 is 11.7 Å². The zero-order valence-electron chi connectivity index (χ0n) is 12.6. The van der Waals surface area contributed by atoms with Crippen molar-refractivity contribution in [1.82, 2.24) is 0 Å². The van der Waals surface area contributed by atoms with E-state index in [1.165, 1.54) is 6.07 Å². The summed E-state index contributed by atoms with van der Waals surface area (Å²) in [5, 5.41) is 0. The molecule has 2 aromatic carbocycles. The Hall–Kier alpha value is -1.69. The molecule has 0 bridgehead atoms. The lowest BCUT2D eigenvalue weighted by atomic mass is 10.1. The first-order chi connectivity index (χ1) is 10.9. The molecule has 0 N–H and O–H groups in total. The molecule has 0 unspecified atom stereocenters. The van der Waals surface area contributed by atoms with Gasteiger partial charge >= 0.3 is 6.18 Å². The first-order valence-corrected chi connectivity index (χ1v) is 8.06. The summed E-state index contributed by atoms with van der Waals surface area (Å²) < 4.78 is 40.4. The number of hydrogen-bond acceptors (Lipinski definition) is 2. The average molecular weight is 385 g/mol. The lowest BCUT2D eigenvalue weighted by Crippen LogP contribution is -2.39. The Morgan fingerprint density at radius 1 is 1.04 bits per heavy atom. The Labute approximate surface area is 141 Å². The third-order valence-electron chi connectivity index (χ3n) is 4.07. The lowest BCUT2D eigenvalue weighted by molar-refractivity contribution is -0.138. The minimum atomic E-state index is -4.35. The number of hydrogen-bond donors (Lipinski definition) is 0. The molecule has 6 heteroatoms. The molecule has 0 saturated heterocycles. The van der Waals surface area contributed by atoms with E-state index in [1.54, 1.807) is 6.07 Å². The predicted molar refractivity (Wildman–Crippen MR) is 89.9 cm³/mol. The summed E-state index contributed by atoms with van der Waals surface area (Å²) in [5.74, 6) is 0. The fraction of sp³-hybridized carbons (Fsp3) is 0.294. The van der Waals surface area contributed by atoms with Crippen LogP contribution in [0.5, 0.6) is 0 Å². The van der Waals surface area contributed by atoms with E-state index in [-0.39, 0.29) is 12.1 Å². The minimum Gasteiger partial charge on any atom is -0.371 e. The third kappa shape index (κ3) is 3.32. The maximum absolute atomic E-state index is 13.3. The van der Waals surface area contributed by atoms with Gasteiger partial charge in [-0.1, -0.05) is 28.1 Å². The quantitative estimate of drug-likeness (QED) is 0.724. The number of nitrogens with zero attached hydrogens (tertiary/aromatic N) is 2. The van der Waals surface area contributed by atoms with Crippen LogP contribution in [0.1, 0.15) is 11.1 Å². The van der Waals surface area contributed by atoms with Gasteiger partial charge in [-0.25, -0.2) is 0 Å². The van der Waals surface area contributed by atoms with Gasteiger partial charge in [0.15, 0.2) is 0 Å². The second-order valence-corrected chi connectivity index (χ2v) is 6.55. The van der Waals surface area contributed by atoms with E-state index >= 15 is 0 Å². The average Bonchev–Trinajstić information content (AvgIpc) is 2.49. The van der Waals surface area contributed by atoms with E-state index in [1.807, 2.05) is 36.2 Å². The maximum Gasteiger partial charge on any atom is 0.416 e. The summed E-state index contributed by atoms with van der Waals surface area (Å²) in [7, 11) is 2.00. The minimum absolute atomic E-state index is 0.235. The van der Waals surface area contributed by atoms with Gasteiger partial charge in [-0.3, -0.25) is 0 Å². The standard InChI is InChI=1S/C17H16BrF3N2/c1-22-8-9-23(16-5-3-2-4-15(16)22)11-12-10-13(18)6-7-14(12)17(19,20)21/h2-7,10H,8-9,11H2,1H3. The predicted octanol–water partition coefficient (Wildman–Crippen LogP) is 4.92. The molecule has 0 aliphatic carbocycles. The van der Waals surface area contributed by atoms with E-state index in [0.29, 0.717) is 11.0 Å². The summed E-state index contributed by atoms with van der Waals surface area (Å²) in [6.45, 7) is 1.71. The summed E-state index contributed by atoms with van der Waals surface area (Å²) in [4.78, 5) is 4.13. The number of fused-ring (bicyclic) bond motifs is 1. The molecule has 2 nitrogen and oxygen atoms in total. The van der Waals surface area contributed by atoms with Gasteiger partial charge < -0.3 is 9.80 Å². The number of rotatable bonds is 2. The molecule has 0 amide bonds. The van der Waals surface area contributed by atoms with E-state index in [2.05, 4.69) is 20.8 Å². The van der Waals surface area contributed by atoms with Crippen molar-refractivity contribution in [3.8, 4) is 0 Å². The number of para-hydroxylation sites is 2. The van der Waals surface area contributed by atoms with Crippen molar-refractivity contribution in [1.29, 1.82) is 0 Å². The highest BCUT2D eigenvalue weighted by atomic mass is 79.9. The van der Waals surface area contributed by atoms with Gasteiger partial charge in [-0.05, 0) is 35.9 Å². The second kappa shape index (κ2) is 6.07. The number of likely N-dealkylation sites (N-methyl/N-ethyl adjacent to an activating group) is 1. The molecule has 0 aromatic heterocycles. The maximum atomic E-state index is 13.3. The van der Waals surface area contributed by atoms with Gasteiger partial charge in [0.1, 0.15) is 0 Å². The summed E-state index contributed by atoms with van der Waals surface area (Å²) in [5.41, 5.74) is 1.72. The summed E-state index contributed by atoms with van der Waals surface area (Å²) in [6, 6.07) is 11.9. The fourth-order valence-electron chi connectivity index (χ4n) is 2.91. The van der Waals surface area contributed by atoms with Crippen molar-refractivity contribution >= 4 is 27.3 Å². The van der Waals surface area contributed by atoms with Crippen molar-refractivity contribution in [2.24, 2.45) is 0 Å². The van der Waals surface area contributed by atoms with Crippen molar-refractivity contribution < 1.29 is 13.2 Å². The van der Waals surface area contributed by atoms with Crippen LogP contribution in [0.25, 0.3) is 0 Å². The van der Waals surface area contributed by atoms with Crippen LogP contribution >= 0.6 is 15.9 Å². The summed E-state index contributed by atoms with van der Waals surface area (Å²) >= 11 is 3.28. The topological polar surface area (TPSA) is 6.48 Å². The SMILES string of the molecule is CN1CCN(Cc2cc(Br)ccc2C(F)(F)F)c2ccccc21. The Morgan fingerprint density at radius 3 is 2.43 bits per heavy atom. The molecule has 0 spiro atoms. The monoisotopic (exact) mass is 384 g/mol. The molecule has 122 valence electrons. The van der Waals surface area contributed by atoms with Crippen molar-refractivity contribution in [3.05, 3.63) is 58.1 Å². The second-order valence-electron chi connectivity index (χ2n) is 5.63. The van der Waals surface area contributed by atoms with Crippen molar-refractivity contribution in [2.75, 3.05) is 29.9 Å². The van der Waals surface area contributed by atoms with Crippen LogP contribution in [0.3, 0.4) is 0 Å². The molecule has 0 radical (unpaired) electrons. The third-order valence-corrected chi connectivity index (χ3v) is 4.57. The molecule has 0 atom stereocenters. The molecule has 1 aliphatic heterocycles. The molecule has 3 rings (SSSR count). The van der Waals surface area contributed by atoms with Crippen LogP contribution in [0.15, 0.2) is 46.9 Å². The highest BCUT2D eigenvalue weighted by Gasteiger charge is 2.34. The highest BCUT2D eigenvalue weighted by molar-refractivity contribution is 9.10. The van der Waals surface area contributed by atoms with Gasteiger partial charge in [0.05, 0.1) is 16.9 Å². The van der Waals surface area contributed by atoms with Crippen molar-refractivity contribution in [3.63, 3.8) is 0 Å². The van der Waals surface area contributed by atoms with Gasteiger partial charge in [-0.15, -0.1) is 0 Å².